The SMILES string of the molecule is CCOC(=O)CO/N=C(/C(=O)N1CCC(N2CC(C)OC2=O)CC1)c1ccn[nH]1. The molecule has 0 saturated carbocycles. The molecule has 1 unspecified atom stereocenters. The average Bonchev–Trinajstić information content (AvgIpc) is 3.34. The fourth-order valence-electron chi connectivity index (χ4n) is 3.40. The lowest BCUT2D eigenvalue weighted by Gasteiger charge is -2.35. The van der Waals surface area contributed by atoms with Gasteiger partial charge in [0, 0.05) is 25.3 Å². The van der Waals surface area contributed by atoms with Gasteiger partial charge in [-0.25, -0.2) is 9.59 Å². The number of carbonyl (C=O) groups excluding carboxylic acids is 3. The summed E-state index contributed by atoms with van der Waals surface area (Å²) in [5, 5.41) is 10.4. The number of oxime groups is 1. The lowest BCUT2D eigenvalue weighted by molar-refractivity contribution is -0.148. The number of carbonyl (C=O) groups is 3. The van der Waals surface area contributed by atoms with Gasteiger partial charge < -0.3 is 24.1 Å². The zero-order valence-corrected chi connectivity index (χ0v) is 16.5. The van der Waals surface area contributed by atoms with Crippen LogP contribution in [0.25, 0.3) is 0 Å². The normalized spacial score (nSPS) is 20.6. The van der Waals surface area contributed by atoms with E-state index in [0.717, 1.165) is 0 Å². The van der Waals surface area contributed by atoms with E-state index in [1.807, 2.05) is 6.92 Å². The van der Waals surface area contributed by atoms with Gasteiger partial charge in [0.25, 0.3) is 5.91 Å². The second kappa shape index (κ2) is 9.39. The molecule has 1 aromatic heterocycles. The van der Waals surface area contributed by atoms with E-state index < -0.39 is 12.6 Å². The van der Waals surface area contributed by atoms with Crippen molar-refractivity contribution in [2.45, 2.75) is 38.8 Å². The molecule has 29 heavy (non-hydrogen) atoms. The van der Waals surface area contributed by atoms with Gasteiger partial charge in [0.1, 0.15) is 6.10 Å². The van der Waals surface area contributed by atoms with E-state index in [1.54, 1.807) is 22.8 Å². The summed E-state index contributed by atoms with van der Waals surface area (Å²) in [7, 11) is 0. The van der Waals surface area contributed by atoms with E-state index in [2.05, 4.69) is 15.4 Å². The highest BCUT2D eigenvalue weighted by Gasteiger charge is 2.37. The summed E-state index contributed by atoms with van der Waals surface area (Å²) in [6, 6.07) is 1.64. The van der Waals surface area contributed by atoms with Crippen molar-refractivity contribution >= 4 is 23.7 Å². The number of rotatable bonds is 7. The lowest BCUT2D eigenvalue weighted by Crippen LogP contribution is -2.49. The third-order valence-electron chi connectivity index (χ3n) is 4.78. The molecule has 0 aromatic carbocycles. The van der Waals surface area contributed by atoms with Crippen LogP contribution in [0.4, 0.5) is 4.79 Å². The minimum absolute atomic E-state index is 0.0273. The predicted octanol–water partition coefficient (Wildman–Crippen LogP) is 0.525. The first-order valence-electron chi connectivity index (χ1n) is 9.61. The highest BCUT2D eigenvalue weighted by molar-refractivity contribution is 6.44. The number of esters is 1. The maximum atomic E-state index is 13.0. The molecule has 1 atom stereocenters. The molecule has 2 aliphatic heterocycles. The van der Waals surface area contributed by atoms with Crippen molar-refractivity contribution in [3.05, 3.63) is 18.0 Å². The molecule has 2 aliphatic rings. The Balaban J connectivity index is 1.61. The summed E-state index contributed by atoms with van der Waals surface area (Å²) in [6.07, 6.45) is 2.38. The van der Waals surface area contributed by atoms with Crippen LogP contribution in [0.1, 0.15) is 32.4 Å². The summed E-state index contributed by atoms with van der Waals surface area (Å²) < 4.78 is 9.97. The van der Waals surface area contributed by atoms with Crippen LogP contribution in [-0.4, -0.2) is 88.7 Å². The van der Waals surface area contributed by atoms with Gasteiger partial charge in [0.05, 0.1) is 18.8 Å². The van der Waals surface area contributed by atoms with E-state index in [9.17, 15) is 14.4 Å². The van der Waals surface area contributed by atoms with Gasteiger partial charge in [-0.2, -0.15) is 5.10 Å². The van der Waals surface area contributed by atoms with E-state index in [1.165, 1.54) is 6.20 Å². The molecule has 0 spiro atoms. The van der Waals surface area contributed by atoms with E-state index >= 15 is 0 Å². The van der Waals surface area contributed by atoms with Crippen LogP contribution in [0.15, 0.2) is 17.4 Å². The maximum absolute atomic E-state index is 13.0. The first-order chi connectivity index (χ1) is 14.0. The third-order valence-corrected chi connectivity index (χ3v) is 4.78. The third kappa shape index (κ3) is 5.04. The molecule has 2 saturated heterocycles. The van der Waals surface area contributed by atoms with Crippen molar-refractivity contribution in [1.82, 2.24) is 20.0 Å². The van der Waals surface area contributed by atoms with Crippen molar-refractivity contribution in [2.24, 2.45) is 5.16 Å². The monoisotopic (exact) mass is 407 g/mol. The molecule has 0 radical (unpaired) electrons. The van der Waals surface area contributed by atoms with Gasteiger partial charge in [0.2, 0.25) is 6.61 Å². The Morgan fingerprint density at radius 3 is 2.72 bits per heavy atom. The Hall–Kier alpha value is -3.11. The molecule has 1 aromatic rings. The van der Waals surface area contributed by atoms with Crippen LogP contribution in [-0.2, 0) is 23.9 Å². The van der Waals surface area contributed by atoms with Gasteiger partial charge in [-0.1, -0.05) is 5.16 Å². The Morgan fingerprint density at radius 2 is 2.14 bits per heavy atom. The molecule has 1 N–H and O–H groups in total. The summed E-state index contributed by atoms with van der Waals surface area (Å²) in [6.45, 7) is 4.89. The first kappa shape index (κ1) is 20.6. The number of aromatic nitrogens is 2. The number of likely N-dealkylation sites (tertiary alicyclic amines) is 1. The van der Waals surface area contributed by atoms with Gasteiger partial charge in [0.15, 0.2) is 5.71 Å². The van der Waals surface area contributed by atoms with Gasteiger partial charge >= 0.3 is 12.1 Å². The number of cyclic esters (lactones) is 1. The predicted molar refractivity (Wildman–Crippen MR) is 100.0 cm³/mol. The van der Waals surface area contributed by atoms with Crippen LogP contribution in [0.5, 0.6) is 0 Å². The number of nitrogens with zero attached hydrogens (tertiary/aromatic N) is 4. The average molecular weight is 407 g/mol. The van der Waals surface area contributed by atoms with E-state index in [0.29, 0.717) is 38.2 Å². The van der Waals surface area contributed by atoms with Crippen molar-refractivity contribution in [2.75, 3.05) is 32.8 Å². The topological polar surface area (TPSA) is 126 Å². The minimum Gasteiger partial charge on any atom is -0.463 e. The molecule has 0 aliphatic carbocycles. The van der Waals surface area contributed by atoms with Crippen molar-refractivity contribution in [3.63, 3.8) is 0 Å². The summed E-state index contributed by atoms with van der Waals surface area (Å²) in [4.78, 5) is 44.7. The van der Waals surface area contributed by atoms with Crippen LogP contribution in [0, 0.1) is 0 Å². The molecule has 11 nitrogen and oxygen atoms in total. The van der Waals surface area contributed by atoms with Gasteiger partial charge in [-0.05, 0) is 32.8 Å². The maximum Gasteiger partial charge on any atom is 0.410 e. The van der Waals surface area contributed by atoms with Crippen LogP contribution >= 0.6 is 0 Å². The standard InChI is InChI=1S/C18H25N5O6/c1-3-27-15(24)11-28-21-16(14-4-7-19-20-14)17(25)22-8-5-13(6-9-22)23-10-12(2)29-18(23)26/h4,7,12-13H,3,5-6,8-11H2,1-2H3,(H,19,20)/b21-16+. The molecule has 2 fully saturated rings. The quantitative estimate of drug-likeness (QED) is 0.397. The van der Waals surface area contributed by atoms with Gasteiger partial charge in [-0.15, -0.1) is 0 Å². The highest BCUT2D eigenvalue weighted by Crippen LogP contribution is 2.22. The molecule has 2 amide bonds. The summed E-state index contributed by atoms with van der Waals surface area (Å²) >= 11 is 0. The molecular weight excluding hydrogens is 382 g/mol. The number of H-pyrrole nitrogens is 1. The number of aromatic amines is 1. The fraction of sp³-hybridized carbons (Fsp3) is 0.611. The van der Waals surface area contributed by atoms with Crippen LogP contribution < -0.4 is 0 Å². The Kier molecular flexibility index (Phi) is 6.68. The van der Waals surface area contributed by atoms with E-state index in [4.69, 9.17) is 14.3 Å². The second-order valence-corrected chi connectivity index (χ2v) is 6.86. The largest absolute Gasteiger partial charge is 0.463 e. The number of amides is 2. The van der Waals surface area contributed by atoms with Crippen molar-refractivity contribution < 1.29 is 28.7 Å². The van der Waals surface area contributed by atoms with E-state index in [-0.39, 0.29) is 36.5 Å². The fourth-order valence-corrected chi connectivity index (χ4v) is 3.40. The van der Waals surface area contributed by atoms with Gasteiger partial charge in [-0.3, -0.25) is 9.89 Å². The Labute approximate surface area is 167 Å². The Morgan fingerprint density at radius 1 is 1.38 bits per heavy atom. The number of piperidine rings is 1. The van der Waals surface area contributed by atoms with Crippen LogP contribution in [0.3, 0.4) is 0 Å². The zero-order valence-electron chi connectivity index (χ0n) is 16.5. The number of hydrogen-bond donors (Lipinski definition) is 1. The molecule has 0 bridgehead atoms. The zero-order chi connectivity index (χ0) is 20.8. The molecule has 3 rings (SSSR count). The smallest absolute Gasteiger partial charge is 0.410 e. The Bertz CT molecular complexity index is 757. The summed E-state index contributed by atoms with van der Waals surface area (Å²) in [5.41, 5.74) is 0.414. The number of ether oxygens (including phenoxy) is 2. The van der Waals surface area contributed by atoms with Crippen LogP contribution in [0.2, 0.25) is 0 Å². The van der Waals surface area contributed by atoms with Crippen molar-refractivity contribution in [3.8, 4) is 0 Å². The molecule has 158 valence electrons. The number of hydrogen-bond acceptors (Lipinski definition) is 8. The first-order valence-corrected chi connectivity index (χ1v) is 9.61. The summed E-state index contributed by atoms with van der Waals surface area (Å²) in [5.74, 6) is -0.908. The molecule has 11 heteroatoms. The molecule has 3 heterocycles. The lowest BCUT2D eigenvalue weighted by atomic mass is 10.0. The van der Waals surface area contributed by atoms with Crippen molar-refractivity contribution in [1.29, 1.82) is 0 Å². The molecular formula is C18H25N5O6. The highest BCUT2D eigenvalue weighted by atomic mass is 16.7. The second-order valence-electron chi connectivity index (χ2n) is 6.86. The number of nitrogens with one attached hydrogen (secondary N) is 1. The minimum atomic E-state index is -0.569.